The predicted molar refractivity (Wildman–Crippen MR) is 127 cm³/mol. The third-order valence-corrected chi connectivity index (χ3v) is 4.02. The van der Waals surface area contributed by atoms with Gasteiger partial charge in [-0.05, 0) is 36.6 Å². The van der Waals surface area contributed by atoms with Gasteiger partial charge in [-0.15, -0.1) is 24.0 Å². The molecule has 0 unspecified atom stereocenters. The van der Waals surface area contributed by atoms with Crippen molar-refractivity contribution in [2.24, 2.45) is 4.99 Å². The summed E-state index contributed by atoms with van der Waals surface area (Å²) in [6, 6.07) is 17.1. The molecule has 2 aromatic rings. The van der Waals surface area contributed by atoms with Crippen molar-refractivity contribution in [1.82, 2.24) is 10.6 Å². The first-order valence-corrected chi connectivity index (χ1v) is 9.55. The van der Waals surface area contributed by atoms with Gasteiger partial charge in [-0.1, -0.05) is 42.5 Å². The lowest BCUT2D eigenvalue weighted by Gasteiger charge is -2.12. The van der Waals surface area contributed by atoms with Gasteiger partial charge in [-0.2, -0.15) is 0 Å². The Morgan fingerprint density at radius 2 is 1.79 bits per heavy atom. The zero-order chi connectivity index (χ0) is 20.0. The molecule has 6 nitrogen and oxygen atoms in total. The second kappa shape index (κ2) is 14.8. The predicted octanol–water partition coefficient (Wildman–Crippen LogP) is 3.75. The molecule has 2 rings (SSSR count). The topological polar surface area (TPSA) is 72.0 Å². The lowest BCUT2D eigenvalue weighted by Crippen LogP contribution is -2.37. The molecule has 0 fully saturated rings. The number of nitrogens with zero attached hydrogens (tertiary/aromatic N) is 1. The molecule has 0 aliphatic rings. The van der Waals surface area contributed by atoms with E-state index in [2.05, 4.69) is 15.6 Å². The van der Waals surface area contributed by atoms with Gasteiger partial charge in [0.1, 0.15) is 6.61 Å². The molecule has 0 aliphatic carbocycles. The quantitative estimate of drug-likeness (QED) is 0.167. The van der Waals surface area contributed by atoms with Gasteiger partial charge < -0.3 is 20.1 Å². The van der Waals surface area contributed by atoms with Crippen LogP contribution in [-0.4, -0.2) is 38.7 Å². The van der Waals surface area contributed by atoms with Crippen LogP contribution in [0.4, 0.5) is 0 Å². The minimum Gasteiger partial charge on any atom is -0.457 e. The highest BCUT2D eigenvalue weighted by Gasteiger charge is 2.08. The van der Waals surface area contributed by atoms with E-state index >= 15 is 0 Å². The van der Waals surface area contributed by atoms with Gasteiger partial charge in [-0.3, -0.25) is 4.99 Å². The molecule has 0 aliphatic heterocycles. The van der Waals surface area contributed by atoms with Gasteiger partial charge in [0.25, 0.3) is 0 Å². The minimum absolute atomic E-state index is 0. The summed E-state index contributed by atoms with van der Waals surface area (Å²) in [5.74, 6) is 0.387. The average molecular weight is 511 g/mol. The summed E-state index contributed by atoms with van der Waals surface area (Å²) in [5.41, 5.74) is 2.48. The van der Waals surface area contributed by atoms with Crippen LogP contribution in [0.25, 0.3) is 0 Å². The summed E-state index contributed by atoms with van der Waals surface area (Å²) in [7, 11) is 1.73. The third kappa shape index (κ3) is 9.76. The number of rotatable bonds is 10. The maximum absolute atomic E-state index is 12.3. The Labute approximate surface area is 190 Å². The Hall–Kier alpha value is -2.13. The fourth-order valence-corrected chi connectivity index (χ4v) is 2.55. The van der Waals surface area contributed by atoms with Crippen molar-refractivity contribution in [2.45, 2.75) is 26.5 Å². The molecule has 29 heavy (non-hydrogen) atoms. The van der Waals surface area contributed by atoms with E-state index in [1.807, 2.05) is 55.5 Å². The molecule has 2 aromatic carbocycles. The van der Waals surface area contributed by atoms with Crippen LogP contribution in [0.3, 0.4) is 0 Å². The molecule has 2 N–H and O–H groups in total. The van der Waals surface area contributed by atoms with Crippen molar-refractivity contribution in [3.63, 3.8) is 0 Å². The van der Waals surface area contributed by atoms with Crippen LogP contribution in [0, 0.1) is 0 Å². The zero-order valence-electron chi connectivity index (χ0n) is 17.0. The number of esters is 1. The van der Waals surface area contributed by atoms with Crippen LogP contribution >= 0.6 is 24.0 Å². The third-order valence-electron chi connectivity index (χ3n) is 4.02. The lowest BCUT2D eigenvalue weighted by molar-refractivity contribution is 0.0472. The van der Waals surface area contributed by atoms with Crippen LogP contribution in [-0.2, 0) is 22.6 Å². The van der Waals surface area contributed by atoms with Gasteiger partial charge in [-0.25, -0.2) is 4.79 Å². The largest absolute Gasteiger partial charge is 0.457 e. The lowest BCUT2D eigenvalue weighted by atomic mass is 10.1. The van der Waals surface area contributed by atoms with Crippen LogP contribution < -0.4 is 10.6 Å². The maximum Gasteiger partial charge on any atom is 0.338 e. The van der Waals surface area contributed by atoms with E-state index in [1.165, 1.54) is 0 Å². The van der Waals surface area contributed by atoms with Gasteiger partial charge in [0.2, 0.25) is 0 Å². The maximum atomic E-state index is 12.3. The van der Waals surface area contributed by atoms with Crippen LogP contribution in [0.5, 0.6) is 0 Å². The molecule has 7 heteroatoms. The average Bonchev–Trinajstić information content (AvgIpc) is 2.75. The number of halogens is 1. The van der Waals surface area contributed by atoms with Crippen molar-refractivity contribution in [3.8, 4) is 0 Å². The Morgan fingerprint density at radius 3 is 2.52 bits per heavy atom. The van der Waals surface area contributed by atoms with Crippen molar-refractivity contribution >= 4 is 35.9 Å². The van der Waals surface area contributed by atoms with E-state index in [4.69, 9.17) is 9.47 Å². The van der Waals surface area contributed by atoms with Gasteiger partial charge in [0, 0.05) is 33.4 Å². The first-order valence-electron chi connectivity index (χ1n) is 9.55. The van der Waals surface area contributed by atoms with Gasteiger partial charge in [0.15, 0.2) is 5.96 Å². The van der Waals surface area contributed by atoms with Crippen molar-refractivity contribution in [2.75, 3.05) is 26.8 Å². The molecule has 0 spiro atoms. The summed E-state index contributed by atoms with van der Waals surface area (Å²) >= 11 is 0. The Morgan fingerprint density at radius 1 is 1.03 bits per heavy atom. The normalized spacial score (nSPS) is 10.8. The number of guanidine groups is 1. The number of ether oxygens (including phenoxy) is 2. The molecule has 0 saturated carbocycles. The molecule has 0 heterocycles. The molecular weight excluding hydrogens is 481 g/mol. The zero-order valence-corrected chi connectivity index (χ0v) is 19.3. The fourth-order valence-electron chi connectivity index (χ4n) is 2.55. The summed E-state index contributed by atoms with van der Waals surface area (Å²) in [4.78, 5) is 16.5. The summed E-state index contributed by atoms with van der Waals surface area (Å²) < 4.78 is 10.7. The number of nitrogens with one attached hydrogen (secondary N) is 2. The number of benzene rings is 2. The highest BCUT2D eigenvalue weighted by Crippen LogP contribution is 2.09. The van der Waals surface area contributed by atoms with Gasteiger partial charge >= 0.3 is 5.97 Å². The smallest absolute Gasteiger partial charge is 0.338 e. The Kier molecular flexibility index (Phi) is 12.7. The number of aliphatic imine (C=N–C) groups is 1. The number of hydrogen-bond acceptors (Lipinski definition) is 4. The number of hydrogen-bond donors (Lipinski definition) is 2. The monoisotopic (exact) mass is 511 g/mol. The summed E-state index contributed by atoms with van der Waals surface area (Å²) in [5, 5.41) is 6.49. The molecule has 0 radical (unpaired) electrons. The molecule has 0 aromatic heterocycles. The van der Waals surface area contributed by atoms with E-state index in [0.29, 0.717) is 18.1 Å². The molecular formula is C22H30IN3O3. The molecule has 158 valence electrons. The first kappa shape index (κ1) is 24.9. The van der Waals surface area contributed by atoms with Crippen LogP contribution in [0.1, 0.15) is 34.8 Å². The Bertz CT molecular complexity index is 754. The first-order chi connectivity index (χ1) is 13.7. The van der Waals surface area contributed by atoms with Crippen LogP contribution in [0.15, 0.2) is 59.6 Å². The van der Waals surface area contributed by atoms with Gasteiger partial charge in [0.05, 0.1) is 5.56 Å². The molecule has 0 atom stereocenters. The fraction of sp³-hybridized carbons (Fsp3) is 0.364. The Balaban J connectivity index is 0.00000420. The standard InChI is InChI=1S/C22H29N3O3.HI/c1-3-27-14-8-13-24-22(23-2)25-16-19-11-7-12-20(15-19)21(26)28-17-18-9-5-4-6-10-18;/h4-7,9-12,15H,3,8,13-14,16-17H2,1-2H3,(H2,23,24,25);1H. The van der Waals surface area contributed by atoms with E-state index in [1.54, 1.807) is 13.1 Å². The minimum atomic E-state index is -0.330. The van der Waals surface area contributed by atoms with Crippen molar-refractivity contribution in [1.29, 1.82) is 0 Å². The summed E-state index contributed by atoms with van der Waals surface area (Å²) in [6.45, 7) is 5.06. The van der Waals surface area contributed by atoms with Crippen LogP contribution in [0.2, 0.25) is 0 Å². The number of carbonyl (C=O) groups excluding carboxylic acids is 1. The van der Waals surface area contributed by atoms with Crippen molar-refractivity contribution < 1.29 is 14.3 Å². The van der Waals surface area contributed by atoms with E-state index in [9.17, 15) is 4.79 Å². The van der Waals surface area contributed by atoms with E-state index in [-0.39, 0.29) is 36.6 Å². The summed E-state index contributed by atoms with van der Waals surface area (Å²) in [6.07, 6.45) is 0.914. The SMILES string of the molecule is CCOCCCNC(=NC)NCc1cccc(C(=O)OCc2ccccc2)c1.I. The van der Waals surface area contributed by atoms with Crippen molar-refractivity contribution in [3.05, 3.63) is 71.3 Å². The second-order valence-electron chi connectivity index (χ2n) is 6.17. The second-order valence-corrected chi connectivity index (χ2v) is 6.17. The highest BCUT2D eigenvalue weighted by molar-refractivity contribution is 14.0. The van der Waals surface area contributed by atoms with E-state index < -0.39 is 0 Å². The van der Waals surface area contributed by atoms with E-state index in [0.717, 1.165) is 37.3 Å². The molecule has 0 bridgehead atoms. The highest BCUT2D eigenvalue weighted by atomic mass is 127. The molecule has 0 amide bonds. The molecule has 0 saturated heterocycles. The number of carbonyl (C=O) groups is 1.